The van der Waals surface area contributed by atoms with Crippen molar-refractivity contribution in [2.24, 2.45) is 0 Å². The molecule has 24 heavy (non-hydrogen) atoms. The third-order valence-electron chi connectivity index (χ3n) is 3.77. The van der Waals surface area contributed by atoms with Crippen molar-refractivity contribution in [1.29, 1.82) is 0 Å². The molecule has 0 saturated carbocycles. The molecule has 0 heterocycles. The average Bonchev–Trinajstić information content (AvgIpc) is 2.56. The van der Waals surface area contributed by atoms with Gasteiger partial charge in [-0.05, 0) is 43.2 Å². The second kappa shape index (κ2) is 6.54. The lowest BCUT2D eigenvalue weighted by molar-refractivity contribution is 0.460. The van der Waals surface area contributed by atoms with E-state index in [-0.39, 0.29) is 0 Å². The van der Waals surface area contributed by atoms with Crippen LogP contribution in [-0.2, 0) is 0 Å². The van der Waals surface area contributed by atoms with Crippen molar-refractivity contribution < 1.29 is 9.47 Å². The highest BCUT2D eigenvalue weighted by Crippen LogP contribution is 2.38. The molecule has 0 saturated heterocycles. The van der Waals surface area contributed by atoms with Crippen molar-refractivity contribution in [2.45, 2.75) is 13.8 Å². The van der Waals surface area contributed by atoms with Gasteiger partial charge in [-0.1, -0.05) is 36.4 Å². The first kappa shape index (κ1) is 15.7. The Morgan fingerprint density at radius 3 is 1.42 bits per heavy atom. The van der Waals surface area contributed by atoms with E-state index in [1.54, 1.807) is 12.1 Å². The van der Waals surface area contributed by atoms with E-state index in [9.17, 15) is 0 Å². The summed E-state index contributed by atoms with van der Waals surface area (Å²) in [5.41, 5.74) is 15.1. The van der Waals surface area contributed by atoms with Crippen molar-refractivity contribution in [3.05, 3.63) is 71.8 Å². The number of para-hydroxylation sites is 2. The van der Waals surface area contributed by atoms with E-state index in [1.807, 2.05) is 62.4 Å². The molecule has 0 bridgehead atoms. The molecule has 4 nitrogen and oxygen atoms in total. The predicted octanol–water partition coefficient (Wildman–Crippen LogP) is 5.05. The van der Waals surface area contributed by atoms with Crippen molar-refractivity contribution >= 4 is 11.4 Å². The van der Waals surface area contributed by atoms with Gasteiger partial charge in [0.1, 0.15) is 11.5 Å². The van der Waals surface area contributed by atoms with Gasteiger partial charge >= 0.3 is 0 Å². The fourth-order valence-corrected chi connectivity index (χ4v) is 2.35. The van der Waals surface area contributed by atoms with Gasteiger partial charge in [-0.25, -0.2) is 0 Å². The number of benzene rings is 3. The van der Waals surface area contributed by atoms with E-state index in [0.717, 1.165) is 22.6 Å². The number of hydrogen-bond acceptors (Lipinski definition) is 4. The second-order valence-corrected chi connectivity index (χ2v) is 5.66. The number of nitrogen functional groups attached to an aromatic ring is 2. The maximum absolute atomic E-state index is 6.05. The van der Waals surface area contributed by atoms with E-state index in [4.69, 9.17) is 20.9 Å². The van der Waals surface area contributed by atoms with Crippen LogP contribution in [0.3, 0.4) is 0 Å². The minimum atomic E-state index is 0.466. The molecule has 0 aliphatic rings. The molecule has 0 radical (unpaired) electrons. The minimum Gasteiger partial charge on any atom is -0.455 e. The topological polar surface area (TPSA) is 70.5 Å². The summed E-state index contributed by atoms with van der Waals surface area (Å²) >= 11 is 0. The fourth-order valence-electron chi connectivity index (χ4n) is 2.35. The number of ether oxygens (including phenoxy) is 2. The van der Waals surface area contributed by atoms with Crippen LogP contribution in [0.2, 0.25) is 0 Å². The number of nitrogens with two attached hydrogens (primary N) is 2. The fraction of sp³-hybridized carbons (Fsp3) is 0.100. The van der Waals surface area contributed by atoms with Gasteiger partial charge in [0.2, 0.25) is 0 Å². The maximum atomic E-state index is 6.05. The Hall–Kier alpha value is -3.14. The molecule has 0 fully saturated rings. The highest BCUT2D eigenvalue weighted by Gasteiger charge is 2.12. The van der Waals surface area contributed by atoms with Crippen molar-refractivity contribution in [1.82, 2.24) is 0 Å². The molecule has 0 spiro atoms. The van der Waals surface area contributed by atoms with Crippen LogP contribution in [-0.4, -0.2) is 0 Å². The Balaban J connectivity index is 1.94. The molecule has 0 atom stereocenters. The van der Waals surface area contributed by atoms with E-state index < -0.39 is 0 Å². The highest BCUT2D eigenvalue weighted by molar-refractivity contribution is 5.69. The first-order chi connectivity index (χ1) is 11.5. The molecule has 0 aromatic heterocycles. The summed E-state index contributed by atoms with van der Waals surface area (Å²) in [5, 5.41) is 0. The smallest absolute Gasteiger partial charge is 0.154 e. The zero-order chi connectivity index (χ0) is 17.1. The van der Waals surface area contributed by atoms with Gasteiger partial charge in [-0.2, -0.15) is 0 Å². The Morgan fingerprint density at radius 1 is 0.583 bits per heavy atom. The summed E-state index contributed by atoms with van der Waals surface area (Å²) < 4.78 is 11.9. The molecule has 0 unspecified atom stereocenters. The van der Waals surface area contributed by atoms with E-state index in [2.05, 4.69) is 0 Å². The summed E-state index contributed by atoms with van der Waals surface area (Å²) in [5.74, 6) is 2.52. The zero-order valence-electron chi connectivity index (χ0n) is 13.7. The van der Waals surface area contributed by atoms with Crippen molar-refractivity contribution in [3.63, 3.8) is 0 Å². The molecule has 4 N–H and O–H groups in total. The van der Waals surface area contributed by atoms with Crippen molar-refractivity contribution in [2.75, 3.05) is 11.5 Å². The summed E-state index contributed by atoms with van der Waals surface area (Å²) in [7, 11) is 0. The van der Waals surface area contributed by atoms with Crippen molar-refractivity contribution in [3.8, 4) is 23.0 Å². The van der Waals surface area contributed by atoms with Crippen LogP contribution in [0.15, 0.2) is 60.7 Å². The lowest BCUT2D eigenvalue weighted by Gasteiger charge is -2.15. The Kier molecular flexibility index (Phi) is 4.29. The summed E-state index contributed by atoms with van der Waals surface area (Å²) in [6, 6.07) is 18.9. The van der Waals surface area contributed by atoms with Crippen LogP contribution in [0.4, 0.5) is 11.4 Å². The van der Waals surface area contributed by atoms with Crippen LogP contribution < -0.4 is 20.9 Å². The molecule has 0 aliphatic heterocycles. The monoisotopic (exact) mass is 320 g/mol. The van der Waals surface area contributed by atoms with Crippen LogP contribution in [0.5, 0.6) is 23.0 Å². The SMILES string of the molecule is Cc1ccccc1Oc1cc(Oc2ccccc2C)c(N)cc1N. The second-order valence-electron chi connectivity index (χ2n) is 5.66. The lowest BCUT2D eigenvalue weighted by atomic mass is 10.2. The standard InChI is InChI=1S/C20H20N2O2/c1-13-7-3-5-9-17(13)23-19-12-20(16(22)11-15(19)21)24-18-10-6-4-8-14(18)2/h3-12H,21-22H2,1-2H3. The molecular formula is C20H20N2O2. The lowest BCUT2D eigenvalue weighted by Crippen LogP contribution is -1.99. The van der Waals surface area contributed by atoms with Crippen LogP contribution in [0, 0.1) is 13.8 Å². The molecule has 0 amide bonds. The first-order valence-corrected chi connectivity index (χ1v) is 7.70. The third kappa shape index (κ3) is 3.27. The Bertz CT molecular complexity index is 807. The third-order valence-corrected chi connectivity index (χ3v) is 3.77. The number of rotatable bonds is 4. The molecule has 4 heteroatoms. The largest absolute Gasteiger partial charge is 0.455 e. The molecule has 0 aliphatic carbocycles. The van der Waals surface area contributed by atoms with E-state index in [1.165, 1.54) is 0 Å². The van der Waals surface area contributed by atoms with Gasteiger partial charge in [-0.3, -0.25) is 0 Å². The minimum absolute atomic E-state index is 0.466. The van der Waals surface area contributed by atoms with Crippen LogP contribution >= 0.6 is 0 Å². The number of hydrogen-bond donors (Lipinski definition) is 2. The number of aryl methyl sites for hydroxylation is 2. The van der Waals surface area contributed by atoms with Gasteiger partial charge in [0.15, 0.2) is 11.5 Å². The molecule has 3 aromatic rings. The molecule has 3 rings (SSSR count). The van der Waals surface area contributed by atoms with Gasteiger partial charge < -0.3 is 20.9 Å². The van der Waals surface area contributed by atoms with Crippen LogP contribution in [0.1, 0.15) is 11.1 Å². The normalized spacial score (nSPS) is 10.4. The van der Waals surface area contributed by atoms with Gasteiger partial charge in [0.05, 0.1) is 11.4 Å². The van der Waals surface area contributed by atoms with Gasteiger partial charge in [0, 0.05) is 6.07 Å². The Morgan fingerprint density at radius 2 is 1.00 bits per heavy atom. The van der Waals surface area contributed by atoms with E-state index in [0.29, 0.717) is 22.9 Å². The maximum Gasteiger partial charge on any atom is 0.154 e. The molecule has 122 valence electrons. The molecular weight excluding hydrogens is 300 g/mol. The summed E-state index contributed by atoms with van der Waals surface area (Å²) in [4.78, 5) is 0. The van der Waals surface area contributed by atoms with E-state index >= 15 is 0 Å². The quantitative estimate of drug-likeness (QED) is 0.660. The summed E-state index contributed by atoms with van der Waals surface area (Å²) in [6.07, 6.45) is 0. The number of anilines is 2. The highest BCUT2D eigenvalue weighted by atomic mass is 16.5. The predicted molar refractivity (Wildman–Crippen MR) is 97.8 cm³/mol. The van der Waals surface area contributed by atoms with Gasteiger partial charge in [-0.15, -0.1) is 0 Å². The first-order valence-electron chi connectivity index (χ1n) is 7.70. The van der Waals surface area contributed by atoms with Gasteiger partial charge in [0.25, 0.3) is 0 Å². The average molecular weight is 320 g/mol. The Labute approximate surface area is 141 Å². The molecule has 3 aromatic carbocycles. The zero-order valence-corrected chi connectivity index (χ0v) is 13.7. The van der Waals surface area contributed by atoms with Crippen LogP contribution in [0.25, 0.3) is 0 Å². The summed E-state index contributed by atoms with van der Waals surface area (Å²) in [6.45, 7) is 3.96.